The quantitative estimate of drug-likeness (QED) is 0.526. The summed E-state index contributed by atoms with van der Waals surface area (Å²) in [6.07, 6.45) is 1.62. The first-order chi connectivity index (χ1) is 14.2. The van der Waals surface area contributed by atoms with E-state index in [0.717, 1.165) is 18.0 Å². The van der Waals surface area contributed by atoms with Gasteiger partial charge in [0.2, 0.25) is 5.95 Å². The fourth-order valence-corrected chi connectivity index (χ4v) is 2.79. The average molecular weight is 393 g/mol. The van der Waals surface area contributed by atoms with Gasteiger partial charge in [0.1, 0.15) is 18.1 Å². The molecule has 0 spiro atoms. The standard InChI is InChI=1S/C22H27N5O2/c1-17(2)27(16-18-7-5-4-6-8-18)22-25-21(15-24-26-22)23-13-14-29-20-11-9-19(28-3)10-12-20/h4-12,15,17H,13-14,16H2,1-3H3,(H,23,25,26). The zero-order chi connectivity index (χ0) is 20.5. The Labute approximate surface area is 171 Å². The first-order valence-corrected chi connectivity index (χ1v) is 9.66. The van der Waals surface area contributed by atoms with E-state index < -0.39 is 0 Å². The summed E-state index contributed by atoms with van der Waals surface area (Å²) >= 11 is 0. The predicted molar refractivity (Wildman–Crippen MR) is 115 cm³/mol. The highest BCUT2D eigenvalue weighted by Crippen LogP contribution is 2.18. The van der Waals surface area contributed by atoms with Gasteiger partial charge < -0.3 is 19.7 Å². The summed E-state index contributed by atoms with van der Waals surface area (Å²) in [5.41, 5.74) is 1.20. The van der Waals surface area contributed by atoms with Crippen LogP contribution < -0.4 is 19.7 Å². The molecule has 7 heteroatoms. The summed E-state index contributed by atoms with van der Waals surface area (Å²) in [4.78, 5) is 6.75. The number of benzene rings is 2. The molecule has 0 aliphatic carbocycles. The van der Waals surface area contributed by atoms with E-state index in [1.165, 1.54) is 5.56 Å². The van der Waals surface area contributed by atoms with Gasteiger partial charge in [-0.2, -0.15) is 10.1 Å². The van der Waals surface area contributed by atoms with E-state index in [0.29, 0.717) is 24.9 Å². The molecule has 0 aliphatic rings. The van der Waals surface area contributed by atoms with Gasteiger partial charge in [0.05, 0.1) is 19.9 Å². The van der Waals surface area contributed by atoms with Gasteiger partial charge >= 0.3 is 0 Å². The van der Waals surface area contributed by atoms with Crippen molar-refractivity contribution < 1.29 is 9.47 Å². The molecule has 152 valence electrons. The maximum atomic E-state index is 5.73. The molecule has 1 N–H and O–H groups in total. The molecule has 1 aromatic heterocycles. The number of anilines is 2. The summed E-state index contributed by atoms with van der Waals surface area (Å²) in [6.45, 7) is 6.07. The highest BCUT2D eigenvalue weighted by Gasteiger charge is 2.15. The van der Waals surface area contributed by atoms with Crippen LogP contribution in [0.5, 0.6) is 11.5 Å². The van der Waals surface area contributed by atoms with Crippen molar-refractivity contribution in [3.8, 4) is 11.5 Å². The van der Waals surface area contributed by atoms with E-state index in [1.54, 1.807) is 13.3 Å². The van der Waals surface area contributed by atoms with Crippen LogP contribution in [0.25, 0.3) is 0 Å². The van der Waals surface area contributed by atoms with Crippen LogP contribution in [0.3, 0.4) is 0 Å². The van der Waals surface area contributed by atoms with E-state index in [4.69, 9.17) is 9.47 Å². The molecule has 0 radical (unpaired) electrons. The molecule has 29 heavy (non-hydrogen) atoms. The van der Waals surface area contributed by atoms with Crippen molar-refractivity contribution in [3.05, 3.63) is 66.4 Å². The van der Waals surface area contributed by atoms with Crippen molar-refractivity contribution in [2.45, 2.75) is 26.4 Å². The maximum Gasteiger partial charge on any atom is 0.247 e. The van der Waals surface area contributed by atoms with Crippen LogP contribution in [-0.2, 0) is 6.54 Å². The zero-order valence-electron chi connectivity index (χ0n) is 17.1. The van der Waals surface area contributed by atoms with Gasteiger partial charge in [-0.05, 0) is 43.7 Å². The van der Waals surface area contributed by atoms with Crippen LogP contribution in [0.4, 0.5) is 11.8 Å². The molecule has 0 aliphatic heterocycles. The van der Waals surface area contributed by atoms with Crippen LogP contribution in [0.2, 0.25) is 0 Å². The van der Waals surface area contributed by atoms with E-state index in [9.17, 15) is 0 Å². The Morgan fingerprint density at radius 3 is 2.41 bits per heavy atom. The first-order valence-electron chi connectivity index (χ1n) is 9.66. The molecular formula is C22H27N5O2. The van der Waals surface area contributed by atoms with Crippen molar-refractivity contribution >= 4 is 11.8 Å². The van der Waals surface area contributed by atoms with Crippen LogP contribution in [0.1, 0.15) is 19.4 Å². The minimum atomic E-state index is 0.241. The van der Waals surface area contributed by atoms with Crippen LogP contribution in [0.15, 0.2) is 60.8 Å². The van der Waals surface area contributed by atoms with Gasteiger partial charge in [0.25, 0.3) is 0 Å². The van der Waals surface area contributed by atoms with Crippen molar-refractivity contribution in [2.24, 2.45) is 0 Å². The Morgan fingerprint density at radius 1 is 1.00 bits per heavy atom. The lowest BCUT2D eigenvalue weighted by atomic mass is 10.2. The Hall–Kier alpha value is -3.35. The summed E-state index contributed by atoms with van der Waals surface area (Å²) < 4.78 is 10.9. The minimum Gasteiger partial charge on any atom is -0.497 e. The lowest BCUT2D eigenvalue weighted by Crippen LogP contribution is -2.32. The fraction of sp³-hybridized carbons (Fsp3) is 0.318. The number of nitrogens with one attached hydrogen (secondary N) is 1. The Kier molecular flexibility index (Phi) is 7.22. The second kappa shape index (κ2) is 10.3. The number of hydrogen-bond donors (Lipinski definition) is 1. The number of rotatable bonds is 10. The van der Waals surface area contributed by atoms with Gasteiger partial charge in [-0.25, -0.2) is 0 Å². The van der Waals surface area contributed by atoms with E-state index in [2.05, 4.69) is 51.4 Å². The summed E-state index contributed by atoms with van der Waals surface area (Å²) in [7, 11) is 1.64. The summed E-state index contributed by atoms with van der Waals surface area (Å²) in [6, 6.07) is 18.0. The molecule has 0 saturated carbocycles. The molecule has 3 rings (SSSR count). The number of hydrogen-bond acceptors (Lipinski definition) is 7. The number of nitrogens with zero attached hydrogens (tertiary/aromatic N) is 4. The minimum absolute atomic E-state index is 0.241. The fourth-order valence-electron chi connectivity index (χ4n) is 2.79. The van der Waals surface area contributed by atoms with Gasteiger partial charge in [0, 0.05) is 12.6 Å². The van der Waals surface area contributed by atoms with Crippen molar-refractivity contribution in [1.29, 1.82) is 0 Å². The van der Waals surface area contributed by atoms with Crippen LogP contribution in [0, 0.1) is 0 Å². The normalized spacial score (nSPS) is 10.6. The topological polar surface area (TPSA) is 72.4 Å². The number of ether oxygens (including phenoxy) is 2. The molecule has 0 saturated heterocycles. The molecule has 0 unspecified atom stereocenters. The lowest BCUT2D eigenvalue weighted by Gasteiger charge is -2.26. The van der Waals surface area contributed by atoms with Gasteiger partial charge in [-0.1, -0.05) is 30.3 Å². The predicted octanol–water partition coefficient (Wildman–Crippen LogP) is 3.79. The number of methoxy groups -OCH3 is 1. The lowest BCUT2D eigenvalue weighted by molar-refractivity contribution is 0.331. The first kappa shape index (κ1) is 20.4. The molecule has 2 aromatic carbocycles. The SMILES string of the molecule is COc1ccc(OCCNc2cnnc(N(Cc3ccccc3)C(C)C)n2)cc1. The maximum absolute atomic E-state index is 5.73. The van der Waals surface area contributed by atoms with E-state index in [1.807, 2.05) is 42.5 Å². The Bertz CT molecular complexity index is 872. The Balaban J connectivity index is 1.56. The second-order valence-corrected chi connectivity index (χ2v) is 6.80. The zero-order valence-corrected chi connectivity index (χ0v) is 17.1. The highest BCUT2D eigenvalue weighted by atomic mass is 16.5. The highest BCUT2D eigenvalue weighted by molar-refractivity contribution is 5.40. The number of aromatic nitrogens is 3. The van der Waals surface area contributed by atoms with E-state index >= 15 is 0 Å². The third-order valence-corrected chi connectivity index (χ3v) is 4.36. The third-order valence-electron chi connectivity index (χ3n) is 4.36. The van der Waals surface area contributed by atoms with Crippen molar-refractivity contribution in [3.63, 3.8) is 0 Å². The van der Waals surface area contributed by atoms with E-state index in [-0.39, 0.29) is 6.04 Å². The van der Waals surface area contributed by atoms with Crippen molar-refractivity contribution in [2.75, 3.05) is 30.5 Å². The van der Waals surface area contributed by atoms with Gasteiger partial charge in [-0.3, -0.25) is 0 Å². The van der Waals surface area contributed by atoms with Crippen LogP contribution in [-0.4, -0.2) is 41.5 Å². The summed E-state index contributed by atoms with van der Waals surface area (Å²) in [5, 5.41) is 11.6. The van der Waals surface area contributed by atoms with Crippen molar-refractivity contribution in [1.82, 2.24) is 15.2 Å². The Morgan fingerprint density at radius 2 is 1.72 bits per heavy atom. The average Bonchev–Trinajstić information content (AvgIpc) is 2.76. The van der Waals surface area contributed by atoms with Gasteiger partial charge in [0.15, 0.2) is 5.82 Å². The molecule has 0 amide bonds. The molecule has 7 nitrogen and oxygen atoms in total. The third kappa shape index (κ3) is 6.07. The largest absolute Gasteiger partial charge is 0.497 e. The second-order valence-electron chi connectivity index (χ2n) is 6.80. The molecule has 0 fully saturated rings. The monoisotopic (exact) mass is 393 g/mol. The van der Waals surface area contributed by atoms with Crippen LogP contribution >= 0.6 is 0 Å². The summed E-state index contributed by atoms with van der Waals surface area (Å²) in [5.74, 6) is 2.88. The molecule has 3 aromatic rings. The molecule has 0 atom stereocenters. The van der Waals surface area contributed by atoms with Gasteiger partial charge in [-0.15, -0.1) is 5.10 Å². The molecular weight excluding hydrogens is 366 g/mol. The molecule has 1 heterocycles. The molecule has 0 bridgehead atoms. The smallest absolute Gasteiger partial charge is 0.247 e.